The Morgan fingerprint density at radius 1 is 1.07 bits per heavy atom. The lowest BCUT2D eigenvalue weighted by Gasteiger charge is -2.12. The fourth-order valence-corrected chi connectivity index (χ4v) is 1.85. The molecular weight excluding hydrogens is 172 g/mol. The Morgan fingerprint density at radius 3 is 2.57 bits per heavy atom. The molecule has 0 radical (unpaired) electrons. The Balaban J connectivity index is 2.15. The Morgan fingerprint density at radius 2 is 1.86 bits per heavy atom. The molecule has 2 N–H and O–H groups in total. The second-order valence-electron chi connectivity index (χ2n) is 3.83. The van der Waals surface area contributed by atoms with Crippen LogP contribution in [-0.2, 0) is 0 Å². The van der Waals surface area contributed by atoms with E-state index >= 15 is 0 Å². The van der Waals surface area contributed by atoms with Crippen LogP contribution >= 0.6 is 0 Å². The number of rotatable bonds is 1. The molecular formula is C12H16N2. The number of hydrogen-bond acceptors (Lipinski definition) is 2. The monoisotopic (exact) mass is 188 g/mol. The zero-order valence-corrected chi connectivity index (χ0v) is 8.37. The van der Waals surface area contributed by atoms with Crippen molar-refractivity contribution in [2.24, 2.45) is 4.99 Å². The third kappa shape index (κ3) is 2.34. The molecule has 0 saturated heterocycles. The molecule has 74 valence electrons. The first-order chi connectivity index (χ1) is 6.84. The van der Waals surface area contributed by atoms with Gasteiger partial charge >= 0.3 is 0 Å². The van der Waals surface area contributed by atoms with Crippen molar-refractivity contribution in [2.45, 2.75) is 32.1 Å². The van der Waals surface area contributed by atoms with Crippen LogP contribution < -0.4 is 5.73 Å². The van der Waals surface area contributed by atoms with Crippen LogP contribution in [0.1, 0.15) is 32.1 Å². The van der Waals surface area contributed by atoms with Crippen LogP contribution in [0.2, 0.25) is 0 Å². The van der Waals surface area contributed by atoms with Crippen LogP contribution in [0.3, 0.4) is 0 Å². The molecule has 2 nitrogen and oxygen atoms in total. The van der Waals surface area contributed by atoms with Gasteiger partial charge in [-0.1, -0.05) is 12.5 Å². The van der Waals surface area contributed by atoms with Gasteiger partial charge in [0.1, 0.15) is 0 Å². The van der Waals surface area contributed by atoms with Crippen LogP contribution in [0.5, 0.6) is 0 Å². The Labute approximate surface area is 84.9 Å². The molecule has 1 saturated carbocycles. The van der Waals surface area contributed by atoms with Crippen molar-refractivity contribution in [3.05, 3.63) is 24.3 Å². The van der Waals surface area contributed by atoms with E-state index in [-0.39, 0.29) is 0 Å². The minimum Gasteiger partial charge on any atom is -0.399 e. The molecule has 2 heteroatoms. The van der Waals surface area contributed by atoms with Gasteiger partial charge in [0.05, 0.1) is 5.69 Å². The van der Waals surface area contributed by atoms with E-state index in [1.807, 2.05) is 24.3 Å². The standard InChI is InChI=1S/C12H16N2/c13-10-5-4-8-12(9-10)14-11-6-2-1-3-7-11/h4-5,8-9H,1-3,6-7,13H2. The summed E-state index contributed by atoms with van der Waals surface area (Å²) in [6, 6.07) is 7.79. The van der Waals surface area contributed by atoms with Gasteiger partial charge in [-0.05, 0) is 43.9 Å². The Hall–Kier alpha value is -1.31. The topological polar surface area (TPSA) is 38.4 Å². The Bertz CT molecular complexity index is 334. The van der Waals surface area contributed by atoms with Gasteiger partial charge in [-0.25, -0.2) is 0 Å². The summed E-state index contributed by atoms with van der Waals surface area (Å²) in [4.78, 5) is 4.62. The summed E-state index contributed by atoms with van der Waals surface area (Å²) in [5, 5.41) is 0. The van der Waals surface area contributed by atoms with Gasteiger partial charge in [0.2, 0.25) is 0 Å². The highest BCUT2D eigenvalue weighted by molar-refractivity contribution is 5.87. The van der Waals surface area contributed by atoms with E-state index < -0.39 is 0 Å². The largest absolute Gasteiger partial charge is 0.399 e. The predicted octanol–water partition coefficient (Wildman–Crippen LogP) is 3.31. The third-order valence-corrected chi connectivity index (χ3v) is 2.59. The maximum Gasteiger partial charge on any atom is 0.0649 e. The molecule has 1 aliphatic rings. The highest BCUT2D eigenvalue weighted by atomic mass is 14.8. The molecule has 0 unspecified atom stereocenters. The van der Waals surface area contributed by atoms with Crippen molar-refractivity contribution in [3.8, 4) is 0 Å². The molecule has 1 aromatic carbocycles. The molecule has 2 rings (SSSR count). The van der Waals surface area contributed by atoms with E-state index in [9.17, 15) is 0 Å². The molecule has 0 aliphatic heterocycles. The van der Waals surface area contributed by atoms with Crippen molar-refractivity contribution in [1.82, 2.24) is 0 Å². The lowest BCUT2D eigenvalue weighted by Crippen LogP contribution is -2.03. The fraction of sp³-hybridized carbons (Fsp3) is 0.417. The Kier molecular flexibility index (Phi) is 2.82. The van der Waals surface area contributed by atoms with Crippen molar-refractivity contribution in [1.29, 1.82) is 0 Å². The van der Waals surface area contributed by atoms with Gasteiger partial charge in [0.25, 0.3) is 0 Å². The predicted molar refractivity (Wildman–Crippen MR) is 61.0 cm³/mol. The molecule has 0 aromatic heterocycles. The van der Waals surface area contributed by atoms with Crippen LogP contribution in [0.4, 0.5) is 11.4 Å². The molecule has 0 bridgehead atoms. The number of nitrogen functional groups attached to an aromatic ring is 1. The lowest BCUT2D eigenvalue weighted by molar-refractivity contribution is 0.667. The summed E-state index contributed by atoms with van der Waals surface area (Å²) < 4.78 is 0. The molecule has 0 spiro atoms. The third-order valence-electron chi connectivity index (χ3n) is 2.59. The second kappa shape index (κ2) is 4.27. The van der Waals surface area contributed by atoms with Crippen molar-refractivity contribution in [2.75, 3.05) is 5.73 Å². The van der Waals surface area contributed by atoms with Gasteiger partial charge in [-0.15, -0.1) is 0 Å². The molecule has 0 atom stereocenters. The van der Waals surface area contributed by atoms with E-state index in [0.29, 0.717) is 0 Å². The summed E-state index contributed by atoms with van der Waals surface area (Å²) in [5.74, 6) is 0. The SMILES string of the molecule is Nc1cccc(N=C2CCCCC2)c1. The molecule has 14 heavy (non-hydrogen) atoms. The minimum atomic E-state index is 0.794. The highest BCUT2D eigenvalue weighted by Crippen LogP contribution is 2.21. The van der Waals surface area contributed by atoms with E-state index in [4.69, 9.17) is 5.73 Å². The van der Waals surface area contributed by atoms with Crippen LogP contribution in [0, 0.1) is 0 Å². The second-order valence-corrected chi connectivity index (χ2v) is 3.83. The highest BCUT2D eigenvalue weighted by Gasteiger charge is 2.06. The first-order valence-electron chi connectivity index (χ1n) is 5.26. The zero-order valence-electron chi connectivity index (χ0n) is 8.37. The van der Waals surface area contributed by atoms with Gasteiger partial charge < -0.3 is 5.73 Å². The lowest BCUT2D eigenvalue weighted by atomic mass is 9.98. The summed E-state index contributed by atoms with van der Waals surface area (Å²) in [7, 11) is 0. The van der Waals surface area contributed by atoms with Crippen molar-refractivity contribution < 1.29 is 0 Å². The minimum absolute atomic E-state index is 0.794. The maximum absolute atomic E-state index is 5.69. The number of nitrogens with two attached hydrogens (primary N) is 1. The summed E-state index contributed by atoms with van der Waals surface area (Å²) >= 11 is 0. The smallest absolute Gasteiger partial charge is 0.0649 e. The van der Waals surface area contributed by atoms with E-state index in [2.05, 4.69) is 4.99 Å². The number of hydrogen-bond donors (Lipinski definition) is 1. The van der Waals surface area contributed by atoms with Crippen LogP contribution in [-0.4, -0.2) is 5.71 Å². The average molecular weight is 188 g/mol. The number of benzene rings is 1. The summed E-state index contributed by atoms with van der Waals surface area (Å²) in [6.45, 7) is 0. The first kappa shape index (κ1) is 9.25. The number of anilines is 1. The molecule has 1 aromatic rings. The zero-order chi connectivity index (χ0) is 9.80. The maximum atomic E-state index is 5.69. The van der Waals surface area contributed by atoms with E-state index in [1.165, 1.54) is 25.0 Å². The molecule has 1 fully saturated rings. The number of nitrogens with zero attached hydrogens (tertiary/aromatic N) is 1. The normalized spacial score (nSPS) is 16.7. The first-order valence-corrected chi connectivity index (χ1v) is 5.26. The average Bonchev–Trinajstić information content (AvgIpc) is 2.19. The van der Waals surface area contributed by atoms with E-state index in [0.717, 1.165) is 24.2 Å². The van der Waals surface area contributed by atoms with Crippen LogP contribution in [0.25, 0.3) is 0 Å². The quantitative estimate of drug-likeness (QED) is 0.675. The van der Waals surface area contributed by atoms with Crippen molar-refractivity contribution >= 4 is 17.1 Å². The van der Waals surface area contributed by atoms with Gasteiger partial charge in [-0.3, -0.25) is 4.99 Å². The summed E-state index contributed by atoms with van der Waals surface area (Å²) in [6.07, 6.45) is 6.27. The molecule has 0 heterocycles. The number of aliphatic imine (C=N–C) groups is 1. The molecule has 0 amide bonds. The van der Waals surface area contributed by atoms with Gasteiger partial charge in [0, 0.05) is 11.4 Å². The van der Waals surface area contributed by atoms with Gasteiger partial charge in [-0.2, -0.15) is 0 Å². The molecule has 1 aliphatic carbocycles. The fourth-order valence-electron chi connectivity index (χ4n) is 1.85. The van der Waals surface area contributed by atoms with Crippen molar-refractivity contribution in [3.63, 3.8) is 0 Å². The summed E-state index contributed by atoms with van der Waals surface area (Å²) in [5.41, 5.74) is 8.83. The van der Waals surface area contributed by atoms with Gasteiger partial charge in [0.15, 0.2) is 0 Å². The van der Waals surface area contributed by atoms with E-state index in [1.54, 1.807) is 0 Å². The van der Waals surface area contributed by atoms with Crippen LogP contribution in [0.15, 0.2) is 29.3 Å².